The minimum absolute atomic E-state index is 0. The molecule has 2 N–H and O–H groups in total. The molecule has 1 spiro atoms. The third kappa shape index (κ3) is 4.13. The molecule has 3 aliphatic heterocycles. The van der Waals surface area contributed by atoms with E-state index in [0.29, 0.717) is 6.54 Å². The van der Waals surface area contributed by atoms with E-state index in [4.69, 9.17) is 25.7 Å². The smallest absolute Gasteiger partial charge is 0.156 e. The van der Waals surface area contributed by atoms with Crippen molar-refractivity contribution in [2.75, 3.05) is 29.4 Å². The van der Waals surface area contributed by atoms with Crippen molar-refractivity contribution in [3.63, 3.8) is 0 Å². The zero-order chi connectivity index (χ0) is 26.8. The van der Waals surface area contributed by atoms with Gasteiger partial charge in [0.25, 0.3) is 0 Å². The van der Waals surface area contributed by atoms with Crippen molar-refractivity contribution in [1.29, 1.82) is 0 Å². The van der Waals surface area contributed by atoms with E-state index in [1.807, 2.05) is 30.3 Å². The number of hydrogen-bond donors (Lipinski definition) is 1. The summed E-state index contributed by atoms with van der Waals surface area (Å²) >= 11 is 0. The zero-order valence-corrected chi connectivity index (χ0v) is 22.8. The van der Waals surface area contributed by atoms with Crippen molar-refractivity contribution in [2.24, 2.45) is 23.2 Å². The molecule has 0 unspecified atom stereocenters. The highest BCUT2D eigenvalue weighted by molar-refractivity contribution is 6.11. The van der Waals surface area contributed by atoms with Crippen LogP contribution >= 0.6 is 0 Å². The van der Waals surface area contributed by atoms with E-state index in [1.165, 1.54) is 11.1 Å². The summed E-state index contributed by atoms with van der Waals surface area (Å²) in [6, 6.07) is 13.1. The highest BCUT2D eigenvalue weighted by Gasteiger charge is 2.46. The average molecular weight is 548 g/mol. The lowest BCUT2D eigenvalue weighted by Gasteiger charge is -2.42. The number of nitrogens with two attached hydrogens (primary N) is 1. The predicted molar refractivity (Wildman–Crippen MR) is 162 cm³/mol. The number of pyridine rings is 1. The van der Waals surface area contributed by atoms with Crippen LogP contribution in [0.1, 0.15) is 60.9 Å². The highest BCUT2D eigenvalue weighted by Crippen LogP contribution is 2.51. The summed E-state index contributed by atoms with van der Waals surface area (Å²) in [6.45, 7) is 3.37. The third-order valence-corrected chi connectivity index (χ3v) is 9.39. The summed E-state index contributed by atoms with van der Waals surface area (Å²) < 4.78 is 1.81. The van der Waals surface area contributed by atoms with Crippen LogP contribution < -0.4 is 15.5 Å². The number of fused-ring (bicyclic) bond motifs is 3. The Morgan fingerprint density at radius 3 is 2.63 bits per heavy atom. The van der Waals surface area contributed by atoms with Crippen molar-refractivity contribution in [3.05, 3.63) is 83.2 Å². The molecule has 1 atom stereocenters. The Morgan fingerprint density at radius 2 is 1.83 bits per heavy atom. The van der Waals surface area contributed by atoms with Crippen LogP contribution in [0.4, 0.5) is 11.5 Å². The molecule has 1 fully saturated rings. The minimum atomic E-state index is 0. The Bertz CT molecular complexity index is 1650. The molecule has 1 saturated heterocycles. The Labute approximate surface area is 241 Å². The second-order valence-corrected chi connectivity index (χ2v) is 11.7. The number of aliphatic imine (C=N–C) groups is 1. The molecule has 4 aliphatic rings. The molecule has 8 rings (SSSR count). The van der Waals surface area contributed by atoms with Crippen LogP contribution in [-0.4, -0.2) is 50.2 Å². The van der Waals surface area contributed by atoms with Crippen LogP contribution in [0.3, 0.4) is 0 Å². The van der Waals surface area contributed by atoms with Gasteiger partial charge in [0.2, 0.25) is 0 Å². The van der Waals surface area contributed by atoms with Gasteiger partial charge < -0.3 is 15.5 Å². The van der Waals surface area contributed by atoms with Crippen LogP contribution in [0, 0.1) is 5.41 Å². The molecule has 0 bridgehead atoms. The van der Waals surface area contributed by atoms with Crippen LogP contribution in [0.5, 0.6) is 0 Å². The standard InChI is InChI=1S/C31H33N9.CH4/c1-38-19-21(16-35-38)23-8-9-26-24(36-23)7-4-12-40(26)30-28-25(17-34-30)37-27(18-33-28)39-13-10-31(11-14-39)15-20-5-2-3-6-22(20)29(31)32;/h2-3,5-6,8-9,16,18-19,29H,4,7,10-15,17,32H2,1H3;1H4/t29-;/m1./s1. The van der Waals surface area contributed by atoms with E-state index in [2.05, 4.69) is 51.3 Å². The fourth-order valence-electron chi connectivity index (χ4n) is 7.17. The molecule has 9 heteroatoms. The molecule has 1 aromatic carbocycles. The van der Waals surface area contributed by atoms with Gasteiger partial charge in [-0.15, -0.1) is 0 Å². The maximum atomic E-state index is 6.80. The molecule has 41 heavy (non-hydrogen) atoms. The van der Waals surface area contributed by atoms with E-state index < -0.39 is 0 Å². The first-order valence-corrected chi connectivity index (χ1v) is 14.3. The molecule has 3 aromatic heterocycles. The van der Waals surface area contributed by atoms with Gasteiger partial charge in [0.1, 0.15) is 11.5 Å². The molecule has 6 heterocycles. The molecular formula is C32H37N9. The van der Waals surface area contributed by atoms with Crippen LogP contribution in [0.2, 0.25) is 0 Å². The van der Waals surface area contributed by atoms with E-state index in [9.17, 15) is 0 Å². The minimum Gasteiger partial charge on any atom is -0.355 e. The summed E-state index contributed by atoms with van der Waals surface area (Å²) in [4.78, 5) is 24.6. The molecule has 0 radical (unpaired) electrons. The van der Waals surface area contributed by atoms with E-state index in [1.54, 1.807) is 0 Å². The van der Waals surface area contributed by atoms with E-state index in [-0.39, 0.29) is 18.9 Å². The normalized spacial score (nSPS) is 20.3. The number of aryl methyl sites for hydroxylation is 2. The lowest BCUT2D eigenvalue weighted by molar-refractivity contribution is 0.187. The maximum Gasteiger partial charge on any atom is 0.156 e. The van der Waals surface area contributed by atoms with Gasteiger partial charge in [0.05, 0.1) is 41.7 Å². The summed E-state index contributed by atoms with van der Waals surface area (Å²) in [5, 5.41) is 4.30. The largest absolute Gasteiger partial charge is 0.355 e. The summed E-state index contributed by atoms with van der Waals surface area (Å²) in [6.07, 6.45) is 11.0. The average Bonchev–Trinajstić information content (AvgIpc) is 3.69. The summed E-state index contributed by atoms with van der Waals surface area (Å²) in [5.41, 5.74) is 15.8. The summed E-state index contributed by atoms with van der Waals surface area (Å²) in [5.74, 6) is 1.87. The van der Waals surface area contributed by atoms with Gasteiger partial charge in [-0.25, -0.2) is 9.97 Å². The van der Waals surface area contributed by atoms with Gasteiger partial charge in [-0.1, -0.05) is 31.7 Å². The van der Waals surface area contributed by atoms with E-state index >= 15 is 0 Å². The molecule has 4 aromatic rings. The van der Waals surface area contributed by atoms with Gasteiger partial charge >= 0.3 is 0 Å². The van der Waals surface area contributed by atoms with Gasteiger partial charge in [-0.2, -0.15) is 5.10 Å². The maximum absolute atomic E-state index is 6.80. The molecular weight excluding hydrogens is 510 g/mol. The first-order valence-electron chi connectivity index (χ1n) is 14.3. The molecule has 210 valence electrons. The topological polar surface area (TPSA) is 101 Å². The lowest BCUT2D eigenvalue weighted by Crippen LogP contribution is -2.44. The number of piperidine rings is 1. The first-order chi connectivity index (χ1) is 19.6. The number of hydrogen-bond acceptors (Lipinski definition) is 8. The Kier molecular flexibility index (Phi) is 6.15. The lowest BCUT2D eigenvalue weighted by atomic mass is 9.73. The van der Waals surface area contributed by atoms with Crippen molar-refractivity contribution in [1.82, 2.24) is 24.7 Å². The highest BCUT2D eigenvalue weighted by atomic mass is 15.3. The number of amidine groups is 1. The van der Waals surface area contributed by atoms with Crippen molar-refractivity contribution < 1.29 is 0 Å². The fourth-order valence-corrected chi connectivity index (χ4v) is 7.17. The second-order valence-electron chi connectivity index (χ2n) is 11.7. The number of rotatable bonds is 2. The third-order valence-electron chi connectivity index (χ3n) is 9.39. The van der Waals surface area contributed by atoms with E-state index in [0.717, 1.165) is 97.4 Å². The summed E-state index contributed by atoms with van der Waals surface area (Å²) in [7, 11) is 1.93. The van der Waals surface area contributed by atoms with Gasteiger partial charge in [0, 0.05) is 44.5 Å². The van der Waals surface area contributed by atoms with Gasteiger partial charge in [0.15, 0.2) is 5.84 Å². The van der Waals surface area contributed by atoms with Gasteiger partial charge in [-0.05, 0) is 60.8 Å². The Hall–Kier alpha value is -4.11. The number of benzene rings is 1. The monoisotopic (exact) mass is 547 g/mol. The number of nitrogens with zero attached hydrogens (tertiary/aromatic N) is 8. The zero-order valence-electron chi connectivity index (χ0n) is 22.8. The SMILES string of the molecule is C.Cn1cc(-c2ccc3c(n2)CCCN3C2=NCc3nc(N4CCC5(CC4)Cc4ccccc4[C@H]5N)cnc32)cn1. The van der Waals surface area contributed by atoms with Crippen molar-refractivity contribution in [2.45, 2.75) is 52.1 Å². The number of aromatic nitrogens is 5. The first kappa shape index (κ1) is 25.8. The van der Waals surface area contributed by atoms with Crippen molar-refractivity contribution in [3.8, 4) is 11.3 Å². The molecule has 0 amide bonds. The van der Waals surface area contributed by atoms with Crippen LogP contribution in [-0.2, 0) is 26.4 Å². The van der Waals surface area contributed by atoms with Crippen LogP contribution in [0.15, 0.2) is 60.0 Å². The van der Waals surface area contributed by atoms with Gasteiger partial charge in [-0.3, -0.25) is 14.7 Å². The van der Waals surface area contributed by atoms with Crippen molar-refractivity contribution >= 4 is 17.3 Å². The van der Waals surface area contributed by atoms with Crippen LogP contribution in [0.25, 0.3) is 11.3 Å². The fraction of sp³-hybridized carbons (Fsp3) is 0.406. The quantitative estimate of drug-likeness (QED) is 0.395. The Balaban J connectivity index is 0.00000276. The Morgan fingerprint density at radius 1 is 0.976 bits per heavy atom. The molecule has 0 saturated carbocycles. The second kappa shape index (κ2) is 9.76. The predicted octanol–water partition coefficient (Wildman–Crippen LogP) is 4.46. The molecule has 9 nitrogen and oxygen atoms in total. The number of anilines is 2. The molecule has 1 aliphatic carbocycles.